The van der Waals surface area contributed by atoms with Gasteiger partial charge >= 0.3 is 0 Å². The fourth-order valence-corrected chi connectivity index (χ4v) is 3.52. The number of carbonyl (C=O) groups excluding carboxylic acids is 1. The first-order valence-electron chi connectivity index (χ1n) is 9.56. The lowest BCUT2D eigenvalue weighted by Gasteiger charge is -2.35. The highest BCUT2D eigenvalue weighted by Gasteiger charge is 2.23. The zero-order valence-corrected chi connectivity index (χ0v) is 16.9. The topological polar surface area (TPSA) is 74.2 Å². The number of carbonyl (C=O) groups is 1. The number of anilines is 3. The summed E-state index contributed by atoms with van der Waals surface area (Å²) in [5.74, 6) is 0.801. The van der Waals surface area contributed by atoms with E-state index in [9.17, 15) is 9.18 Å². The van der Waals surface area contributed by atoms with Crippen LogP contribution in [0.25, 0.3) is 0 Å². The summed E-state index contributed by atoms with van der Waals surface area (Å²) in [5, 5.41) is 11.9. The van der Waals surface area contributed by atoms with Gasteiger partial charge in [-0.15, -0.1) is 10.2 Å². The molecule has 4 rings (SSSR count). The van der Waals surface area contributed by atoms with Crippen LogP contribution in [0.5, 0.6) is 0 Å². The number of nitrogens with one attached hydrogen (secondary N) is 1. The number of hydrogen-bond donors (Lipinski definition) is 1. The predicted octanol–water partition coefficient (Wildman–Crippen LogP) is 3.30. The van der Waals surface area contributed by atoms with E-state index in [-0.39, 0.29) is 22.9 Å². The van der Waals surface area contributed by atoms with Crippen molar-refractivity contribution in [2.75, 3.05) is 36.4 Å². The van der Waals surface area contributed by atoms with Gasteiger partial charge in [-0.05, 0) is 36.4 Å². The second-order valence-electron chi connectivity index (χ2n) is 6.88. The lowest BCUT2D eigenvalue weighted by molar-refractivity contribution is -0.130. The summed E-state index contributed by atoms with van der Waals surface area (Å²) in [6.07, 6.45) is 3.36. The van der Waals surface area contributed by atoms with Crippen LogP contribution in [-0.2, 0) is 11.2 Å². The Balaban J connectivity index is 1.32. The van der Waals surface area contributed by atoms with E-state index in [1.807, 2.05) is 24.3 Å². The molecule has 0 bridgehead atoms. The molecule has 30 heavy (non-hydrogen) atoms. The number of piperazine rings is 1. The standard InChI is InChI=1S/C21H20ClFN6O/c22-17-2-1-3-18(23)16(17)14-21(30)29-12-10-28(11-13-29)20-5-4-19(26-27-20)25-15-6-8-24-9-7-15/h1-9H,10-14H2,(H,24,25,26). The van der Waals surface area contributed by atoms with E-state index in [1.54, 1.807) is 23.4 Å². The molecule has 0 unspecified atom stereocenters. The minimum Gasteiger partial charge on any atom is -0.352 e. The van der Waals surface area contributed by atoms with Gasteiger partial charge in [0, 0.05) is 54.8 Å². The summed E-state index contributed by atoms with van der Waals surface area (Å²) in [4.78, 5) is 20.4. The highest BCUT2D eigenvalue weighted by atomic mass is 35.5. The Morgan fingerprint density at radius 2 is 1.80 bits per heavy atom. The van der Waals surface area contributed by atoms with E-state index in [2.05, 4.69) is 25.4 Å². The third kappa shape index (κ3) is 4.65. The Hall–Kier alpha value is -3.26. The molecule has 0 aliphatic carbocycles. The highest BCUT2D eigenvalue weighted by molar-refractivity contribution is 6.31. The molecule has 1 saturated heterocycles. The third-order valence-corrected chi connectivity index (χ3v) is 5.30. The van der Waals surface area contributed by atoms with Gasteiger partial charge in [-0.3, -0.25) is 9.78 Å². The molecule has 0 saturated carbocycles. The minimum atomic E-state index is -0.453. The molecular weight excluding hydrogens is 407 g/mol. The summed E-state index contributed by atoms with van der Waals surface area (Å²) in [5.41, 5.74) is 1.13. The van der Waals surface area contributed by atoms with Crippen LogP contribution in [0.1, 0.15) is 5.56 Å². The molecule has 0 spiro atoms. The van der Waals surface area contributed by atoms with Crippen molar-refractivity contribution >= 4 is 34.8 Å². The van der Waals surface area contributed by atoms with Gasteiger partial charge in [-0.2, -0.15) is 0 Å². The van der Waals surface area contributed by atoms with E-state index < -0.39 is 5.82 Å². The molecule has 7 nitrogen and oxygen atoms in total. The van der Waals surface area contributed by atoms with Crippen LogP contribution >= 0.6 is 11.6 Å². The molecule has 3 heterocycles. The zero-order chi connectivity index (χ0) is 20.9. The largest absolute Gasteiger partial charge is 0.352 e. The molecule has 2 aromatic heterocycles. The second kappa shape index (κ2) is 9.04. The molecule has 1 aliphatic heterocycles. The summed E-state index contributed by atoms with van der Waals surface area (Å²) in [6, 6.07) is 11.9. The van der Waals surface area contributed by atoms with Gasteiger partial charge in [0.05, 0.1) is 6.42 Å². The average Bonchev–Trinajstić information content (AvgIpc) is 2.78. The number of aromatic nitrogens is 3. The molecule has 1 fully saturated rings. The van der Waals surface area contributed by atoms with Crippen molar-refractivity contribution in [3.63, 3.8) is 0 Å². The van der Waals surface area contributed by atoms with Crippen LogP contribution < -0.4 is 10.2 Å². The number of halogens is 2. The van der Waals surface area contributed by atoms with Crippen LogP contribution in [0.15, 0.2) is 54.9 Å². The van der Waals surface area contributed by atoms with Crippen molar-refractivity contribution in [2.24, 2.45) is 0 Å². The van der Waals surface area contributed by atoms with Gasteiger partial charge in [0.15, 0.2) is 11.6 Å². The molecule has 0 atom stereocenters. The summed E-state index contributed by atoms with van der Waals surface area (Å²) in [7, 11) is 0. The number of benzene rings is 1. The molecule has 3 aromatic rings. The van der Waals surface area contributed by atoms with Crippen LogP contribution in [0.3, 0.4) is 0 Å². The van der Waals surface area contributed by atoms with Crippen molar-refractivity contribution in [1.82, 2.24) is 20.1 Å². The number of rotatable bonds is 5. The van der Waals surface area contributed by atoms with Gasteiger partial charge in [0.1, 0.15) is 5.82 Å². The Kier molecular flexibility index (Phi) is 6.04. The normalized spacial score (nSPS) is 13.9. The van der Waals surface area contributed by atoms with E-state index in [0.29, 0.717) is 32.0 Å². The molecule has 1 amide bonds. The minimum absolute atomic E-state index is 0.0410. The maximum absolute atomic E-state index is 13.9. The van der Waals surface area contributed by atoms with Crippen LogP contribution in [0, 0.1) is 5.82 Å². The van der Waals surface area contributed by atoms with Gasteiger partial charge in [0.25, 0.3) is 0 Å². The maximum atomic E-state index is 13.9. The number of hydrogen-bond acceptors (Lipinski definition) is 6. The predicted molar refractivity (Wildman–Crippen MR) is 113 cm³/mol. The lowest BCUT2D eigenvalue weighted by Crippen LogP contribution is -2.49. The smallest absolute Gasteiger partial charge is 0.227 e. The lowest BCUT2D eigenvalue weighted by atomic mass is 10.1. The quantitative estimate of drug-likeness (QED) is 0.674. The Morgan fingerprint density at radius 3 is 2.47 bits per heavy atom. The Labute approximate surface area is 178 Å². The number of pyridine rings is 1. The van der Waals surface area contributed by atoms with Gasteiger partial charge < -0.3 is 15.1 Å². The molecule has 9 heteroatoms. The highest BCUT2D eigenvalue weighted by Crippen LogP contribution is 2.21. The van der Waals surface area contributed by atoms with Crippen molar-refractivity contribution in [3.8, 4) is 0 Å². The summed E-state index contributed by atoms with van der Waals surface area (Å²) < 4.78 is 13.9. The van der Waals surface area contributed by atoms with Gasteiger partial charge in [0.2, 0.25) is 5.91 Å². The number of nitrogens with zero attached hydrogens (tertiary/aromatic N) is 5. The van der Waals surface area contributed by atoms with Crippen molar-refractivity contribution in [3.05, 3.63) is 71.3 Å². The van der Waals surface area contributed by atoms with Gasteiger partial charge in [-0.25, -0.2) is 4.39 Å². The Morgan fingerprint density at radius 1 is 1.03 bits per heavy atom. The Bertz CT molecular complexity index is 990. The molecular formula is C21H20ClFN6O. The first kappa shape index (κ1) is 20.0. The molecule has 1 aliphatic rings. The molecule has 0 radical (unpaired) electrons. The number of amides is 1. The van der Waals surface area contributed by atoms with Crippen molar-refractivity contribution in [1.29, 1.82) is 0 Å². The van der Waals surface area contributed by atoms with Gasteiger partial charge in [-0.1, -0.05) is 17.7 Å². The van der Waals surface area contributed by atoms with E-state index >= 15 is 0 Å². The van der Waals surface area contributed by atoms with Crippen molar-refractivity contribution < 1.29 is 9.18 Å². The molecule has 1 N–H and O–H groups in total. The van der Waals surface area contributed by atoms with Crippen LogP contribution in [0.2, 0.25) is 5.02 Å². The van der Waals surface area contributed by atoms with E-state index in [1.165, 1.54) is 12.1 Å². The second-order valence-corrected chi connectivity index (χ2v) is 7.29. The molecule has 154 valence electrons. The molecule has 1 aromatic carbocycles. The van der Waals surface area contributed by atoms with E-state index in [4.69, 9.17) is 11.6 Å². The van der Waals surface area contributed by atoms with Crippen LogP contribution in [-0.4, -0.2) is 52.2 Å². The zero-order valence-electron chi connectivity index (χ0n) is 16.1. The first-order chi connectivity index (χ1) is 14.6. The summed E-state index contributed by atoms with van der Waals surface area (Å²) >= 11 is 6.04. The maximum Gasteiger partial charge on any atom is 0.227 e. The average molecular weight is 427 g/mol. The van der Waals surface area contributed by atoms with Crippen molar-refractivity contribution in [2.45, 2.75) is 6.42 Å². The first-order valence-corrected chi connectivity index (χ1v) is 9.94. The fourth-order valence-electron chi connectivity index (χ4n) is 3.29. The van der Waals surface area contributed by atoms with Crippen LogP contribution in [0.4, 0.5) is 21.7 Å². The van der Waals surface area contributed by atoms with E-state index in [0.717, 1.165) is 11.5 Å². The summed E-state index contributed by atoms with van der Waals surface area (Å²) in [6.45, 7) is 2.32. The fraction of sp³-hybridized carbons (Fsp3) is 0.238. The third-order valence-electron chi connectivity index (χ3n) is 4.95. The SMILES string of the molecule is O=C(Cc1c(F)cccc1Cl)N1CCN(c2ccc(Nc3ccncc3)nn2)CC1. The monoisotopic (exact) mass is 426 g/mol.